The monoisotopic (exact) mass is 451 g/mol. The van der Waals surface area contributed by atoms with Gasteiger partial charge in [-0.1, -0.05) is 30.3 Å². The zero-order chi connectivity index (χ0) is 22.9. The minimum atomic E-state index is 0.791. The zero-order valence-electron chi connectivity index (χ0n) is 19.0. The van der Waals surface area contributed by atoms with Gasteiger partial charge in [-0.25, -0.2) is 14.5 Å². The molecule has 0 spiro atoms. The van der Waals surface area contributed by atoms with Crippen LogP contribution in [0.2, 0.25) is 0 Å². The molecule has 0 aliphatic carbocycles. The topological polar surface area (TPSA) is 80.3 Å². The van der Waals surface area contributed by atoms with Crippen molar-refractivity contribution >= 4 is 17.2 Å². The predicted molar refractivity (Wildman–Crippen MR) is 131 cm³/mol. The highest BCUT2D eigenvalue weighted by molar-refractivity contribution is 5.73. The molecule has 0 amide bonds. The number of aromatic nitrogens is 7. The highest BCUT2D eigenvalue weighted by Gasteiger charge is 2.22. The van der Waals surface area contributed by atoms with Crippen molar-refractivity contribution in [1.29, 1.82) is 0 Å². The number of anilines is 2. The molecule has 9 heteroatoms. The van der Waals surface area contributed by atoms with Crippen molar-refractivity contribution in [3.05, 3.63) is 84.8 Å². The second-order valence-corrected chi connectivity index (χ2v) is 8.56. The van der Waals surface area contributed by atoms with E-state index in [1.54, 1.807) is 4.68 Å². The highest BCUT2D eigenvalue weighted by atomic mass is 15.3. The molecule has 34 heavy (non-hydrogen) atoms. The average molecular weight is 452 g/mol. The van der Waals surface area contributed by atoms with E-state index in [-0.39, 0.29) is 0 Å². The zero-order valence-corrected chi connectivity index (χ0v) is 19.0. The molecule has 1 aromatic carbocycles. The van der Waals surface area contributed by atoms with Gasteiger partial charge in [0.25, 0.3) is 0 Å². The van der Waals surface area contributed by atoms with Crippen LogP contribution in [0.15, 0.2) is 73.7 Å². The number of rotatable bonds is 5. The Morgan fingerprint density at radius 3 is 2.24 bits per heavy atom. The van der Waals surface area contributed by atoms with Gasteiger partial charge in [0, 0.05) is 63.8 Å². The first kappa shape index (κ1) is 20.3. The van der Waals surface area contributed by atoms with Crippen LogP contribution in [0.25, 0.3) is 16.8 Å². The maximum absolute atomic E-state index is 4.65. The molecule has 6 rings (SSSR count). The lowest BCUT2D eigenvalue weighted by atomic mass is 10.1. The van der Waals surface area contributed by atoms with E-state index in [2.05, 4.69) is 59.2 Å². The molecule has 5 aromatic rings. The summed E-state index contributed by atoms with van der Waals surface area (Å²) in [6.07, 6.45) is 14.3. The van der Waals surface area contributed by atoms with Gasteiger partial charge < -0.3 is 9.80 Å². The van der Waals surface area contributed by atoms with Crippen molar-refractivity contribution in [2.75, 3.05) is 36.0 Å². The Kier molecular flexibility index (Phi) is 5.14. The molecule has 1 fully saturated rings. The van der Waals surface area contributed by atoms with Crippen molar-refractivity contribution in [2.45, 2.75) is 6.42 Å². The summed E-state index contributed by atoms with van der Waals surface area (Å²) in [4.78, 5) is 18.5. The summed E-state index contributed by atoms with van der Waals surface area (Å²) in [5.41, 5.74) is 6.32. The molecule has 9 nitrogen and oxygen atoms in total. The molecule has 4 aromatic heterocycles. The van der Waals surface area contributed by atoms with E-state index in [4.69, 9.17) is 0 Å². The Balaban J connectivity index is 1.12. The summed E-state index contributed by atoms with van der Waals surface area (Å²) in [6.45, 7) is 3.47. The van der Waals surface area contributed by atoms with Gasteiger partial charge in [-0.15, -0.1) is 0 Å². The quantitative estimate of drug-likeness (QED) is 0.406. The van der Waals surface area contributed by atoms with Gasteiger partial charge in [-0.05, 0) is 11.1 Å². The van der Waals surface area contributed by atoms with Crippen LogP contribution in [-0.4, -0.2) is 60.5 Å². The molecule has 5 heterocycles. The fourth-order valence-corrected chi connectivity index (χ4v) is 4.40. The number of aryl methyl sites for hydroxylation is 1. The standard InChI is InChI=1S/C25H25N9/c1-31-17-21(14-29-31)22-18-34-24(15-26-22)23(16-30-34)32-7-9-33(10-8-32)25-27-12-20(13-28-25)11-19-5-3-2-4-6-19/h2-6,12-18H,7-11H2,1H3. The van der Waals surface area contributed by atoms with Crippen molar-refractivity contribution in [3.8, 4) is 11.3 Å². The predicted octanol–water partition coefficient (Wildman–Crippen LogP) is 2.84. The molecule has 0 saturated carbocycles. The van der Waals surface area contributed by atoms with Crippen molar-refractivity contribution in [2.24, 2.45) is 7.05 Å². The molecular weight excluding hydrogens is 426 g/mol. The van der Waals surface area contributed by atoms with Gasteiger partial charge in [0.2, 0.25) is 5.95 Å². The molecule has 0 radical (unpaired) electrons. The first-order chi connectivity index (χ1) is 16.7. The molecule has 0 bridgehead atoms. The smallest absolute Gasteiger partial charge is 0.225 e. The van der Waals surface area contributed by atoms with Gasteiger partial charge in [0.15, 0.2) is 0 Å². The number of piperazine rings is 1. The lowest BCUT2D eigenvalue weighted by Crippen LogP contribution is -2.47. The minimum Gasteiger partial charge on any atom is -0.365 e. The number of fused-ring (bicyclic) bond motifs is 1. The molecule has 1 aliphatic heterocycles. The van der Waals surface area contributed by atoms with Gasteiger partial charge in [0.1, 0.15) is 5.52 Å². The summed E-state index contributed by atoms with van der Waals surface area (Å²) in [7, 11) is 1.90. The number of hydrogen-bond acceptors (Lipinski definition) is 7. The summed E-state index contributed by atoms with van der Waals surface area (Å²) in [6, 6.07) is 10.4. The highest BCUT2D eigenvalue weighted by Crippen LogP contribution is 2.25. The third-order valence-corrected chi connectivity index (χ3v) is 6.23. The number of nitrogens with zero attached hydrogens (tertiary/aromatic N) is 9. The fourth-order valence-electron chi connectivity index (χ4n) is 4.40. The van der Waals surface area contributed by atoms with Crippen LogP contribution in [0.1, 0.15) is 11.1 Å². The molecule has 0 atom stereocenters. The van der Waals surface area contributed by atoms with E-state index in [1.165, 1.54) is 5.56 Å². The maximum Gasteiger partial charge on any atom is 0.225 e. The van der Waals surface area contributed by atoms with Crippen LogP contribution in [0, 0.1) is 0 Å². The molecular formula is C25H25N9. The molecule has 1 saturated heterocycles. The third-order valence-electron chi connectivity index (χ3n) is 6.23. The lowest BCUT2D eigenvalue weighted by molar-refractivity contribution is 0.640. The Morgan fingerprint density at radius 1 is 0.735 bits per heavy atom. The fraction of sp³-hybridized carbons (Fsp3) is 0.240. The van der Waals surface area contributed by atoms with Crippen LogP contribution < -0.4 is 9.80 Å². The molecule has 170 valence electrons. The summed E-state index contributed by atoms with van der Waals surface area (Å²) in [5.74, 6) is 0.791. The third kappa shape index (κ3) is 3.96. The Morgan fingerprint density at radius 2 is 1.50 bits per heavy atom. The van der Waals surface area contributed by atoms with Gasteiger partial charge in [-0.3, -0.25) is 9.67 Å². The number of benzene rings is 1. The van der Waals surface area contributed by atoms with E-state index in [9.17, 15) is 0 Å². The van der Waals surface area contributed by atoms with E-state index >= 15 is 0 Å². The average Bonchev–Trinajstić information content (AvgIpc) is 3.51. The van der Waals surface area contributed by atoms with Crippen LogP contribution in [0.4, 0.5) is 11.6 Å². The lowest BCUT2D eigenvalue weighted by Gasteiger charge is -2.35. The van der Waals surface area contributed by atoms with Crippen molar-refractivity contribution in [1.82, 2.24) is 34.3 Å². The second kappa shape index (κ2) is 8.58. The van der Waals surface area contributed by atoms with Gasteiger partial charge in [0.05, 0.1) is 36.2 Å². The van der Waals surface area contributed by atoms with Gasteiger partial charge >= 0.3 is 0 Å². The minimum absolute atomic E-state index is 0.791. The van der Waals surface area contributed by atoms with Crippen molar-refractivity contribution < 1.29 is 0 Å². The van der Waals surface area contributed by atoms with Crippen LogP contribution in [-0.2, 0) is 13.5 Å². The van der Waals surface area contributed by atoms with E-state index in [0.717, 1.165) is 66.6 Å². The Bertz CT molecular complexity index is 1400. The maximum atomic E-state index is 4.65. The molecule has 0 unspecified atom stereocenters. The second-order valence-electron chi connectivity index (χ2n) is 8.56. The number of hydrogen-bond donors (Lipinski definition) is 0. The Labute approximate surface area is 197 Å². The van der Waals surface area contributed by atoms with Gasteiger partial charge in [-0.2, -0.15) is 10.2 Å². The first-order valence-electron chi connectivity index (χ1n) is 11.4. The normalized spacial score (nSPS) is 14.1. The summed E-state index contributed by atoms with van der Waals surface area (Å²) in [5, 5.41) is 8.81. The van der Waals surface area contributed by atoms with Crippen molar-refractivity contribution in [3.63, 3.8) is 0 Å². The molecule has 0 N–H and O–H groups in total. The van der Waals surface area contributed by atoms with Crippen LogP contribution in [0.5, 0.6) is 0 Å². The van der Waals surface area contributed by atoms with E-state index in [0.29, 0.717) is 0 Å². The summed E-state index contributed by atoms with van der Waals surface area (Å²) >= 11 is 0. The summed E-state index contributed by atoms with van der Waals surface area (Å²) < 4.78 is 3.67. The largest absolute Gasteiger partial charge is 0.365 e. The molecule has 1 aliphatic rings. The van der Waals surface area contributed by atoms with E-state index in [1.807, 2.05) is 61.0 Å². The van der Waals surface area contributed by atoms with E-state index < -0.39 is 0 Å². The Hall–Kier alpha value is -4.27. The first-order valence-corrected chi connectivity index (χ1v) is 11.4. The van der Waals surface area contributed by atoms with Crippen LogP contribution in [0.3, 0.4) is 0 Å². The SMILES string of the molecule is Cn1cc(-c2cn3ncc(N4CCN(c5ncc(Cc6ccccc6)cn5)CC4)c3cn2)cn1. The van der Waals surface area contributed by atoms with Crippen LogP contribution >= 0.6 is 0 Å².